The zero-order chi connectivity index (χ0) is 14.9. The van der Waals surface area contributed by atoms with Gasteiger partial charge in [-0.1, -0.05) is 18.0 Å². The molecule has 1 aromatic heterocycles. The van der Waals surface area contributed by atoms with E-state index in [1.807, 2.05) is 6.07 Å². The highest BCUT2D eigenvalue weighted by atomic mass is 35.5. The van der Waals surface area contributed by atoms with E-state index in [0.29, 0.717) is 6.04 Å². The lowest BCUT2D eigenvalue weighted by Crippen LogP contribution is -2.35. The summed E-state index contributed by atoms with van der Waals surface area (Å²) in [7, 11) is 0. The highest BCUT2D eigenvalue weighted by molar-refractivity contribution is 6.31. The van der Waals surface area contributed by atoms with Crippen LogP contribution in [0.1, 0.15) is 43.0 Å². The zero-order valence-corrected chi connectivity index (χ0v) is 13.8. The molecule has 2 aliphatic rings. The van der Waals surface area contributed by atoms with E-state index in [-0.39, 0.29) is 0 Å². The van der Waals surface area contributed by atoms with Crippen LogP contribution in [-0.2, 0) is 6.42 Å². The summed E-state index contributed by atoms with van der Waals surface area (Å²) in [5.74, 6) is 0. The van der Waals surface area contributed by atoms with Gasteiger partial charge in [-0.15, -0.1) is 0 Å². The molecule has 1 atom stereocenters. The van der Waals surface area contributed by atoms with Crippen LogP contribution >= 0.6 is 11.6 Å². The molecule has 1 aromatic carbocycles. The van der Waals surface area contributed by atoms with E-state index < -0.39 is 0 Å². The Morgan fingerprint density at radius 1 is 1.18 bits per heavy atom. The van der Waals surface area contributed by atoms with E-state index in [2.05, 4.69) is 27.3 Å². The molecule has 4 rings (SSSR count). The minimum absolute atomic E-state index is 0.455. The Labute approximate surface area is 137 Å². The van der Waals surface area contributed by atoms with Crippen LogP contribution in [0.2, 0.25) is 5.02 Å². The third kappa shape index (κ3) is 2.78. The first-order valence-electron chi connectivity index (χ1n) is 8.57. The van der Waals surface area contributed by atoms with Gasteiger partial charge in [-0.2, -0.15) is 0 Å². The van der Waals surface area contributed by atoms with Crippen molar-refractivity contribution >= 4 is 22.5 Å². The molecular weight excluding hydrogens is 294 g/mol. The Balaban J connectivity index is 1.55. The first-order valence-corrected chi connectivity index (χ1v) is 8.95. The molecule has 0 radical (unpaired) electrons. The SMILES string of the molecule is Clc1ccc2[nH]c3c(c2c1)CCN[C@H]3CCN1CCCCC1. The normalized spacial score (nSPS) is 22.9. The second-order valence-corrected chi connectivity index (χ2v) is 7.09. The molecule has 3 nitrogen and oxygen atoms in total. The maximum atomic E-state index is 6.18. The lowest BCUT2D eigenvalue weighted by atomic mass is 9.97. The molecule has 1 saturated heterocycles. The van der Waals surface area contributed by atoms with Gasteiger partial charge in [-0.25, -0.2) is 0 Å². The van der Waals surface area contributed by atoms with Crippen molar-refractivity contribution in [2.75, 3.05) is 26.2 Å². The van der Waals surface area contributed by atoms with Gasteiger partial charge in [0.1, 0.15) is 0 Å². The largest absolute Gasteiger partial charge is 0.357 e. The van der Waals surface area contributed by atoms with Crippen LogP contribution in [0.15, 0.2) is 18.2 Å². The molecule has 2 aliphatic heterocycles. The van der Waals surface area contributed by atoms with E-state index >= 15 is 0 Å². The summed E-state index contributed by atoms with van der Waals surface area (Å²) in [5, 5.41) is 5.84. The highest BCUT2D eigenvalue weighted by Gasteiger charge is 2.24. The summed E-state index contributed by atoms with van der Waals surface area (Å²) < 4.78 is 0. The molecular formula is C18H24ClN3. The number of nitrogens with zero attached hydrogens (tertiary/aromatic N) is 1. The number of benzene rings is 1. The Kier molecular flexibility index (Phi) is 4.12. The molecule has 0 amide bonds. The van der Waals surface area contributed by atoms with Crippen molar-refractivity contribution in [2.24, 2.45) is 0 Å². The van der Waals surface area contributed by atoms with Gasteiger partial charge >= 0.3 is 0 Å². The van der Waals surface area contributed by atoms with E-state index in [0.717, 1.165) is 18.0 Å². The number of rotatable bonds is 3. The first-order chi connectivity index (χ1) is 10.8. The number of halogens is 1. The Bertz CT molecular complexity index is 658. The van der Waals surface area contributed by atoms with Crippen molar-refractivity contribution in [3.8, 4) is 0 Å². The second-order valence-electron chi connectivity index (χ2n) is 6.65. The van der Waals surface area contributed by atoms with Crippen LogP contribution in [0.5, 0.6) is 0 Å². The van der Waals surface area contributed by atoms with Gasteiger partial charge in [-0.05, 0) is 75.6 Å². The summed E-state index contributed by atoms with van der Waals surface area (Å²) in [6.45, 7) is 4.83. The monoisotopic (exact) mass is 317 g/mol. The van der Waals surface area contributed by atoms with Gasteiger partial charge in [0.25, 0.3) is 0 Å². The Morgan fingerprint density at radius 2 is 2.05 bits per heavy atom. The van der Waals surface area contributed by atoms with Crippen LogP contribution < -0.4 is 5.32 Å². The molecule has 22 heavy (non-hydrogen) atoms. The van der Waals surface area contributed by atoms with Gasteiger partial charge < -0.3 is 15.2 Å². The lowest BCUT2D eigenvalue weighted by Gasteiger charge is -2.30. The molecule has 2 N–H and O–H groups in total. The molecule has 118 valence electrons. The number of fused-ring (bicyclic) bond motifs is 3. The molecule has 4 heteroatoms. The maximum Gasteiger partial charge on any atom is 0.0488 e. The van der Waals surface area contributed by atoms with Crippen LogP contribution in [0.3, 0.4) is 0 Å². The quantitative estimate of drug-likeness (QED) is 0.900. The smallest absolute Gasteiger partial charge is 0.0488 e. The van der Waals surface area contributed by atoms with Crippen LogP contribution in [0.4, 0.5) is 0 Å². The van der Waals surface area contributed by atoms with Gasteiger partial charge in [0.2, 0.25) is 0 Å². The van der Waals surface area contributed by atoms with Crippen molar-refractivity contribution in [2.45, 2.75) is 38.1 Å². The van der Waals surface area contributed by atoms with Crippen molar-refractivity contribution in [3.63, 3.8) is 0 Å². The molecule has 0 unspecified atom stereocenters. The van der Waals surface area contributed by atoms with Crippen molar-refractivity contribution < 1.29 is 0 Å². The van der Waals surface area contributed by atoms with E-state index in [4.69, 9.17) is 11.6 Å². The third-order valence-electron chi connectivity index (χ3n) is 5.20. The average Bonchev–Trinajstić information content (AvgIpc) is 2.92. The molecule has 0 spiro atoms. The lowest BCUT2D eigenvalue weighted by molar-refractivity contribution is 0.215. The number of piperidine rings is 1. The summed E-state index contributed by atoms with van der Waals surface area (Å²) in [6, 6.07) is 6.65. The standard InChI is InChI=1S/C18H24ClN3/c19-13-4-5-16-15(12-13)14-6-8-20-17(18(14)21-16)7-11-22-9-2-1-3-10-22/h4-5,12,17,20-21H,1-3,6-11H2/t17-/m0/s1. The number of aromatic amines is 1. The number of nitrogens with one attached hydrogen (secondary N) is 2. The summed E-state index contributed by atoms with van der Waals surface area (Å²) in [5.41, 5.74) is 4.08. The Morgan fingerprint density at radius 3 is 2.91 bits per heavy atom. The molecule has 0 bridgehead atoms. The van der Waals surface area contributed by atoms with E-state index in [1.54, 1.807) is 0 Å². The van der Waals surface area contributed by atoms with E-state index in [9.17, 15) is 0 Å². The summed E-state index contributed by atoms with van der Waals surface area (Å²) in [6.07, 6.45) is 6.43. The predicted octanol–water partition coefficient (Wildman–Crippen LogP) is 3.88. The van der Waals surface area contributed by atoms with Crippen LogP contribution in [-0.4, -0.2) is 36.1 Å². The van der Waals surface area contributed by atoms with Gasteiger partial charge in [0.15, 0.2) is 0 Å². The fraction of sp³-hybridized carbons (Fsp3) is 0.556. The minimum Gasteiger partial charge on any atom is -0.357 e. The Hall–Kier alpha value is -1.03. The minimum atomic E-state index is 0.455. The number of likely N-dealkylation sites (tertiary alicyclic amines) is 1. The number of hydrogen-bond donors (Lipinski definition) is 2. The number of H-pyrrole nitrogens is 1. The van der Waals surface area contributed by atoms with Crippen molar-refractivity contribution in [3.05, 3.63) is 34.5 Å². The van der Waals surface area contributed by atoms with Crippen molar-refractivity contribution in [1.29, 1.82) is 0 Å². The fourth-order valence-electron chi connectivity index (χ4n) is 4.02. The summed E-state index contributed by atoms with van der Waals surface area (Å²) >= 11 is 6.18. The molecule has 1 fully saturated rings. The predicted molar refractivity (Wildman–Crippen MR) is 92.7 cm³/mol. The second kappa shape index (κ2) is 6.23. The zero-order valence-electron chi connectivity index (χ0n) is 13.0. The van der Waals surface area contributed by atoms with Crippen molar-refractivity contribution in [1.82, 2.24) is 15.2 Å². The fourth-order valence-corrected chi connectivity index (χ4v) is 4.19. The van der Waals surface area contributed by atoms with Crippen LogP contribution in [0.25, 0.3) is 10.9 Å². The highest BCUT2D eigenvalue weighted by Crippen LogP contribution is 2.33. The van der Waals surface area contributed by atoms with Gasteiger partial charge in [0, 0.05) is 27.7 Å². The third-order valence-corrected chi connectivity index (χ3v) is 5.43. The topological polar surface area (TPSA) is 31.1 Å². The number of aromatic nitrogens is 1. The summed E-state index contributed by atoms with van der Waals surface area (Å²) in [4.78, 5) is 6.27. The maximum absolute atomic E-state index is 6.18. The van der Waals surface area contributed by atoms with Crippen LogP contribution in [0, 0.1) is 0 Å². The molecule has 2 aromatic rings. The molecule has 3 heterocycles. The van der Waals surface area contributed by atoms with Gasteiger partial charge in [-0.3, -0.25) is 0 Å². The average molecular weight is 318 g/mol. The van der Waals surface area contributed by atoms with E-state index in [1.165, 1.54) is 67.5 Å². The molecule has 0 aliphatic carbocycles. The first kappa shape index (κ1) is 14.6. The molecule has 0 saturated carbocycles. The van der Waals surface area contributed by atoms with Gasteiger partial charge in [0.05, 0.1) is 0 Å². The number of hydrogen-bond acceptors (Lipinski definition) is 2.